The maximum absolute atomic E-state index is 12.1. The summed E-state index contributed by atoms with van der Waals surface area (Å²) in [5.41, 5.74) is 3.66. The number of carbonyl (C=O) groups excluding carboxylic acids is 1. The van der Waals surface area contributed by atoms with Gasteiger partial charge in [-0.3, -0.25) is 4.79 Å². The van der Waals surface area contributed by atoms with Crippen molar-refractivity contribution in [2.75, 3.05) is 6.54 Å². The van der Waals surface area contributed by atoms with E-state index in [1.807, 2.05) is 32.0 Å². The summed E-state index contributed by atoms with van der Waals surface area (Å²) in [6.07, 6.45) is 0.617. The molecule has 1 N–H and O–H groups in total. The third-order valence-electron chi connectivity index (χ3n) is 3.47. The second kappa shape index (κ2) is 7.72. The van der Waals surface area contributed by atoms with E-state index in [1.165, 1.54) is 12.1 Å². The lowest BCUT2D eigenvalue weighted by Gasteiger charge is -2.09. The van der Waals surface area contributed by atoms with Gasteiger partial charge in [0.25, 0.3) is 5.91 Å². The highest BCUT2D eigenvalue weighted by molar-refractivity contribution is 5.95. The Morgan fingerprint density at radius 3 is 2.43 bits per heavy atom. The van der Waals surface area contributed by atoms with Crippen molar-refractivity contribution in [2.24, 2.45) is 0 Å². The Morgan fingerprint density at radius 2 is 1.83 bits per heavy atom. The van der Waals surface area contributed by atoms with E-state index >= 15 is 0 Å². The average Bonchev–Trinajstić information content (AvgIpc) is 2.48. The SMILES string of the molecule is Cc1ccc(C(=O)NCCc2ccc(OC(F)F)cc2)c(C)c1. The van der Waals surface area contributed by atoms with Crippen molar-refractivity contribution in [3.8, 4) is 5.75 Å². The molecule has 0 spiro atoms. The quantitative estimate of drug-likeness (QED) is 0.877. The fourth-order valence-corrected chi connectivity index (χ4v) is 2.32. The van der Waals surface area contributed by atoms with Crippen LogP contribution in [0.3, 0.4) is 0 Å². The monoisotopic (exact) mass is 319 g/mol. The first-order chi connectivity index (χ1) is 11.0. The molecular weight excluding hydrogens is 300 g/mol. The van der Waals surface area contributed by atoms with Gasteiger partial charge in [0.2, 0.25) is 0 Å². The van der Waals surface area contributed by atoms with Gasteiger partial charge in [-0.1, -0.05) is 29.8 Å². The van der Waals surface area contributed by atoms with Crippen LogP contribution in [0.2, 0.25) is 0 Å². The number of nitrogens with one attached hydrogen (secondary N) is 1. The van der Waals surface area contributed by atoms with Gasteiger partial charge >= 0.3 is 6.61 Å². The van der Waals surface area contributed by atoms with E-state index in [1.54, 1.807) is 12.1 Å². The lowest BCUT2D eigenvalue weighted by molar-refractivity contribution is -0.0498. The van der Waals surface area contributed by atoms with Gasteiger partial charge in [-0.2, -0.15) is 8.78 Å². The van der Waals surface area contributed by atoms with E-state index in [0.29, 0.717) is 18.5 Å². The van der Waals surface area contributed by atoms with E-state index in [4.69, 9.17) is 0 Å². The highest BCUT2D eigenvalue weighted by Crippen LogP contribution is 2.15. The van der Waals surface area contributed by atoms with Crippen LogP contribution in [-0.2, 0) is 6.42 Å². The van der Waals surface area contributed by atoms with Crippen molar-refractivity contribution in [1.29, 1.82) is 0 Å². The van der Waals surface area contributed by atoms with Crippen LogP contribution in [0.25, 0.3) is 0 Å². The average molecular weight is 319 g/mol. The highest BCUT2D eigenvalue weighted by Gasteiger charge is 2.08. The third kappa shape index (κ3) is 5.06. The molecule has 0 aliphatic heterocycles. The minimum atomic E-state index is -2.82. The Balaban J connectivity index is 1.85. The van der Waals surface area contributed by atoms with Crippen molar-refractivity contribution in [3.63, 3.8) is 0 Å². The summed E-state index contributed by atoms with van der Waals surface area (Å²) < 4.78 is 28.4. The minimum absolute atomic E-state index is 0.111. The zero-order chi connectivity index (χ0) is 16.8. The van der Waals surface area contributed by atoms with Crippen LogP contribution in [0.5, 0.6) is 5.75 Å². The molecule has 122 valence electrons. The first-order valence-electron chi connectivity index (χ1n) is 7.35. The van der Waals surface area contributed by atoms with Gasteiger partial charge in [0.05, 0.1) is 0 Å². The molecule has 3 nitrogen and oxygen atoms in total. The fraction of sp³-hybridized carbons (Fsp3) is 0.278. The Morgan fingerprint density at radius 1 is 1.13 bits per heavy atom. The standard InChI is InChI=1S/C18H19F2NO2/c1-12-3-8-16(13(2)11-12)17(22)21-10-9-14-4-6-15(7-5-14)23-18(19)20/h3-8,11,18H,9-10H2,1-2H3,(H,21,22). The van der Waals surface area contributed by atoms with Crippen molar-refractivity contribution in [2.45, 2.75) is 26.9 Å². The number of benzene rings is 2. The maximum atomic E-state index is 12.1. The summed E-state index contributed by atoms with van der Waals surface area (Å²) in [6.45, 7) is 1.54. The van der Waals surface area contributed by atoms with E-state index in [-0.39, 0.29) is 11.7 Å². The number of carbonyl (C=O) groups is 1. The van der Waals surface area contributed by atoms with Gasteiger partial charge in [-0.25, -0.2) is 0 Å². The number of ether oxygens (including phenoxy) is 1. The molecule has 0 unspecified atom stereocenters. The zero-order valence-corrected chi connectivity index (χ0v) is 13.1. The third-order valence-corrected chi connectivity index (χ3v) is 3.47. The molecule has 0 saturated carbocycles. The summed E-state index contributed by atoms with van der Waals surface area (Å²) in [5, 5.41) is 2.86. The molecule has 0 aliphatic carbocycles. The predicted molar refractivity (Wildman–Crippen MR) is 85.0 cm³/mol. The highest BCUT2D eigenvalue weighted by atomic mass is 19.3. The Bertz CT molecular complexity index is 669. The Labute approximate surface area is 134 Å². The molecule has 2 aromatic carbocycles. The van der Waals surface area contributed by atoms with Crippen LogP contribution in [0, 0.1) is 13.8 Å². The molecule has 23 heavy (non-hydrogen) atoms. The molecule has 0 bridgehead atoms. The number of halogens is 2. The number of alkyl halides is 2. The van der Waals surface area contributed by atoms with Gasteiger partial charge in [-0.15, -0.1) is 0 Å². The molecule has 0 aromatic heterocycles. The summed E-state index contributed by atoms with van der Waals surface area (Å²) in [4.78, 5) is 12.1. The number of hydrogen-bond acceptors (Lipinski definition) is 2. The van der Waals surface area contributed by atoms with Gasteiger partial charge in [0, 0.05) is 12.1 Å². The topological polar surface area (TPSA) is 38.3 Å². The summed E-state index contributed by atoms with van der Waals surface area (Å²) in [5.74, 6) is 0.0169. The molecule has 0 saturated heterocycles. The van der Waals surface area contributed by atoms with Crippen LogP contribution in [0.1, 0.15) is 27.0 Å². The van der Waals surface area contributed by atoms with Crippen molar-refractivity contribution in [1.82, 2.24) is 5.32 Å². The van der Waals surface area contributed by atoms with Crippen molar-refractivity contribution < 1.29 is 18.3 Å². The molecule has 2 rings (SSSR count). The molecule has 0 heterocycles. The van der Waals surface area contributed by atoms with Gasteiger partial charge in [-0.05, 0) is 49.6 Å². The van der Waals surface area contributed by atoms with Crippen LogP contribution in [0.15, 0.2) is 42.5 Å². The predicted octanol–water partition coefficient (Wildman–Crippen LogP) is 3.88. The van der Waals surface area contributed by atoms with Crippen LogP contribution in [-0.4, -0.2) is 19.1 Å². The second-order valence-electron chi connectivity index (χ2n) is 5.35. The lowest BCUT2D eigenvalue weighted by atomic mass is 10.1. The van der Waals surface area contributed by atoms with E-state index in [0.717, 1.165) is 16.7 Å². The fourth-order valence-electron chi connectivity index (χ4n) is 2.32. The minimum Gasteiger partial charge on any atom is -0.435 e. The van der Waals surface area contributed by atoms with E-state index in [2.05, 4.69) is 10.1 Å². The molecule has 0 atom stereocenters. The number of aryl methyl sites for hydroxylation is 2. The van der Waals surface area contributed by atoms with Crippen LogP contribution < -0.4 is 10.1 Å². The van der Waals surface area contributed by atoms with E-state index in [9.17, 15) is 13.6 Å². The first kappa shape index (κ1) is 16.9. The van der Waals surface area contributed by atoms with Gasteiger partial charge in [0.1, 0.15) is 5.75 Å². The Hall–Kier alpha value is -2.43. The van der Waals surface area contributed by atoms with Crippen LogP contribution in [0.4, 0.5) is 8.78 Å². The largest absolute Gasteiger partial charge is 0.435 e. The number of amides is 1. The van der Waals surface area contributed by atoms with Crippen LogP contribution >= 0.6 is 0 Å². The summed E-state index contributed by atoms with van der Waals surface area (Å²) in [6, 6.07) is 12.1. The second-order valence-corrected chi connectivity index (χ2v) is 5.35. The molecule has 0 aliphatic rings. The maximum Gasteiger partial charge on any atom is 0.387 e. The van der Waals surface area contributed by atoms with E-state index < -0.39 is 6.61 Å². The van der Waals surface area contributed by atoms with Gasteiger partial charge in [0.15, 0.2) is 0 Å². The normalized spacial score (nSPS) is 10.7. The molecule has 2 aromatic rings. The zero-order valence-electron chi connectivity index (χ0n) is 13.1. The first-order valence-corrected chi connectivity index (χ1v) is 7.35. The van der Waals surface area contributed by atoms with Crippen molar-refractivity contribution >= 4 is 5.91 Å². The number of hydrogen-bond donors (Lipinski definition) is 1. The smallest absolute Gasteiger partial charge is 0.387 e. The molecular formula is C18H19F2NO2. The molecule has 0 fully saturated rings. The van der Waals surface area contributed by atoms with Gasteiger partial charge < -0.3 is 10.1 Å². The number of rotatable bonds is 6. The lowest BCUT2D eigenvalue weighted by Crippen LogP contribution is -2.26. The van der Waals surface area contributed by atoms with Crippen molar-refractivity contribution in [3.05, 3.63) is 64.7 Å². The summed E-state index contributed by atoms with van der Waals surface area (Å²) >= 11 is 0. The summed E-state index contributed by atoms with van der Waals surface area (Å²) in [7, 11) is 0. The molecule has 1 amide bonds. The molecule has 5 heteroatoms. The molecule has 0 radical (unpaired) electrons. The Kier molecular flexibility index (Phi) is 5.68.